The molecule has 0 aromatic rings. The Morgan fingerprint density at radius 2 is 1.94 bits per heavy atom. The molecule has 4 heteroatoms. The van der Waals surface area contributed by atoms with Crippen LogP contribution in [0.4, 0.5) is 0 Å². The standard InChI is InChI=1S/C13H21NO3/c1-4-9(8-15)14-7-10-11(16)5-13(2,3)6-12(10)17/h7,9-10,15H,4-6,8H2,1-3H3/t9-/m1/s1. The SMILES string of the molecule is CC[C@H](CO)N=CC1C(=O)CC(C)(C)CC1=O. The molecule has 1 atom stereocenters. The van der Waals surface area contributed by atoms with Crippen LogP contribution in [0.3, 0.4) is 0 Å². The quantitative estimate of drug-likeness (QED) is 0.595. The van der Waals surface area contributed by atoms with Crippen molar-refractivity contribution in [1.29, 1.82) is 0 Å². The van der Waals surface area contributed by atoms with Gasteiger partial charge in [-0.25, -0.2) is 0 Å². The zero-order chi connectivity index (χ0) is 13.1. The van der Waals surface area contributed by atoms with Crippen LogP contribution < -0.4 is 0 Å². The van der Waals surface area contributed by atoms with Crippen molar-refractivity contribution in [1.82, 2.24) is 0 Å². The molecule has 17 heavy (non-hydrogen) atoms. The van der Waals surface area contributed by atoms with Gasteiger partial charge in [-0.3, -0.25) is 14.6 Å². The largest absolute Gasteiger partial charge is 0.394 e. The van der Waals surface area contributed by atoms with Gasteiger partial charge < -0.3 is 5.11 Å². The van der Waals surface area contributed by atoms with E-state index in [1.165, 1.54) is 6.21 Å². The molecule has 0 spiro atoms. The lowest BCUT2D eigenvalue weighted by Crippen LogP contribution is -2.38. The van der Waals surface area contributed by atoms with Crippen molar-refractivity contribution in [2.45, 2.75) is 46.1 Å². The van der Waals surface area contributed by atoms with Crippen molar-refractivity contribution < 1.29 is 14.7 Å². The Labute approximate surface area is 102 Å². The fourth-order valence-electron chi connectivity index (χ4n) is 2.06. The molecule has 0 aliphatic heterocycles. The number of carbonyl (C=O) groups excluding carboxylic acids is 2. The lowest BCUT2D eigenvalue weighted by molar-refractivity contribution is -0.136. The minimum absolute atomic E-state index is 0.0480. The number of hydrogen-bond acceptors (Lipinski definition) is 4. The third kappa shape index (κ3) is 3.73. The van der Waals surface area contributed by atoms with Gasteiger partial charge in [0.05, 0.1) is 12.6 Å². The molecule has 0 aromatic carbocycles. The third-order valence-electron chi connectivity index (χ3n) is 3.13. The monoisotopic (exact) mass is 239 g/mol. The van der Waals surface area contributed by atoms with Gasteiger partial charge >= 0.3 is 0 Å². The molecule has 1 saturated carbocycles. The Kier molecular flexibility index (Phi) is 4.57. The highest BCUT2D eigenvalue weighted by atomic mass is 16.3. The van der Waals surface area contributed by atoms with E-state index in [1.54, 1.807) is 0 Å². The van der Waals surface area contributed by atoms with Gasteiger partial charge in [-0.15, -0.1) is 0 Å². The number of aliphatic imine (C=N–C) groups is 1. The second-order valence-electron chi connectivity index (χ2n) is 5.47. The molecule has 1 aliphatic rings. The van der Waals surface area contributed by atoms with Crippen molar-refractivity contribution in [2.75, 3.05) is 6.61 Å². The Hall–Kier alpha value is -1.03. The van der Waals surface area contributed by atoms with Crippen molar-refractivity contribution in [3.05, 3.63) is 0 Å². The molecule has 0 amide bonds. The van der Waals surface area contributed by atoms with Gasteiger partial charge in [0.25, 0.3) is 0 Å². The normalized spacial score (nSPS) is 23.3. The Morgan fingerprint density at radius 3 is 2.35 bits per heavy atom. The van der Waals surface area contributed by atoms with E-state index < -0.39 is 5.92 Å². The van der Waals surface area contributed by atoms with Crippen molar-refractivity contribution in [2.24, 2.45) is 16.3 Å². The molecule has 0 aromatic heterocycles. The average Bonchev–Trinajstić information content (AvgIpc) is 2.21. The lowest BCUT2D eigenvalue weighted by Gasteiger charge is -2.30. The molecule has 0 unspecified atom stereocenters. The molecule has 0 heterocycles. The number of nitrogens with zero attached hydrogens (tertiary/aromatic N) is 1. The topological polar surface area (TPSA) is 66.7 Å². The number of ketones is 2. The average molecular weight is 239 g/mol. The predicted molar refractivity (Wildman–Crippen MR) is 66.2 cm³/mol. The smallest absolute Gasteiger partial charge is 0.149 e. The van der Waals surface area contributed by atoms with E-state index in [0.717, 1.165) is 0 Å². The second kappa shape index (κ2) is 5.54. The van der Waals surface area contributed by atoms with Gasteiger partial charge in [-0.1, -0.05) is 20.8 Å². The van der Waals surface area contributed by atoms with E-state index in [2.05, 4.69) is 4.99 Å². The van der Waals surface area contributed by atoms with Crippen LogP contribution in [0, 0.1) is 11.3 Å². The van der Waals surface area contributed by atoms with Gasteiger partial charge in [0.1, 0.15) is 17.5 Å². The van der Waals surface area contributed by atoms with Crippen molar-refractivity contribution in [3.8, 4) is 0 Å². The zero-order valence-corrected chi connectivity index (χ0v) is 10.8. The first kappa shape index (κ1) is 14.0. The van der Waals surface area contributed by atoms with Crippen LogP contribution in [-0.2, 0) is 9.59 Å². The lowest BCUT2D eigenvalue weighted by atomic mass is 9.72. The summed E-state index contributed by atoms with van der Waals surface area (Å²) in [4.78, 5) is 27.8. The molecule has 96 valence electrons. The van der Waals surface area contributed by atoms with Gasteiger partial charge in [0.2, 0.25) is 0 Å². The van der Waals surface area contributed by atoms with Crippen molar-refractivity contribution >= 4 is 17.8 Å². The number of Topliss-reactive ketones (excluding diaryl/α,β-unsaturated/α-hetero) is 2. The minimum atomic E-state index is -0.691. The summed E-state index contributed by atoms with van der Waals surface area (Å²) >= 11 is 0. The first-order chi connectivity index (χ1) is 7.89. The summed E-state index contributed by atoms with van der Waals surface area (Å²) in [6, 6.07) is -0.203. The molecule has 0 radical (unpaired) electrons. The molecular weight excluding hydrogens is 218 g/mol. The zero-order valence-electron chi connectivity index (χ0n) is 10.8. The van der Waals surface area contributed by atoms with E-state index in [4.69, 9.17) is 5.11 Å². The molecule has 1 rings (SSSR count). The summed E-state index contributed by atoms with van der Waals surface area (Å²) in [5.41, 5.74) is -0.223. The number of carbonyl (C=O) groups is 2. The van der Waals surface area contributed by atoms with Gasteiger partial charge in [0, 0.05) is 19.1 Å². The Morgan fingerprint density at radius 1 is 1.41 bits per heavy atom. The molecule has 4 nitrogen and oxygen atoms in total. The molecule has 1 N–H and O–H groups in total. The summed E-state index contributed by atoms with van der Waals surface area (Å²) in [7, 11) is 0. The molecular formula is C13H21NO3. The molecule has 1 fully saturated rings. The van der Waals surface area contributed by atoms with Crippen LogP contribution >= 0.6 is 0 Å². The van der Waals surface area contributed by atoms with Crippen LogP contribution in [0.25, 0.3) is 0 Å². The second-order valence-corrected chi connectivity index (χ2v) is 5.47. The summed E-state index contributed by atoms with van der Waals surface area (Å²) in [6.07, 6.45) is 2.98. The van der Waals surface area contributed by atoms with E-state index in [0.29, 0.717) is 19.3 Å². The van der Waals surface area contributed by atoms with E-state index in [1.807, 2.05) is 20.8 Å². The van der Waals surface area contributed by atoms with Crippen LogP contribution in [0.15, 0.2) is 4.99 Å². The number of rotatable bonds is 4. The Balaban J connectivity index is 2.72. The maximum Gasteiger partial charge on any atom is 0.149 e. The van der Waals surface area contributed by atoms with Crippen LogP contribution in [0.2, 0.25) is 0 Å². The molecule has 1 aliphatic carbocycles. The van der Waals surface area contributed by atoms with Crippen LogP contribution in [-0.4, -0.2) is 35.5 Å². The highest BCUT2D eigenvalue weighted by Gasteiger charge is 2.38. The summed E-state index contributed by atoms with van der Waals surface area (Å²) in [5, 5.41) is 8.99. The van der Waals surface area contributed by atoms with Gasteiger partial charge in [-0.05, 0) is 11.8 Å². The fourth-order valence-corrected chi connectivity index (χ4v) is 2.06. The third-order valence-corrected chi connectivity index (χ3v) is 3.13. The highest BCUT2D eigenvalue weighted by Crippen LogP contribution is 2.33. The minimum Gasteiger partial charge on any atom is -0.394 e. The number of aliphatic hydroxyl groups excluding tert-OH is 1. The molecule has 0 saturated heterocycles. The maximum atomic E-state index is 11.8. The van der Waals surface area contributed by atoms with Crippen LogP contribution in [0.1, 0.15) is 40.0 Å². The number of aliphatic hydroxyl groups is 1. The van der Waals surface area contributed by atoms with E-state index in [-0.39, 0.29) is 29.6 Å². The maximum absolute atomic E-state index is 11.8. The summed E-state index contributed by atoms with van der Waals surface area (Å²) < 4.78 is 0. The van der Waals surface area contributed by atoms with Crippen molar-refractivity contribution in [3.63, 3.8) is 0 Å². The number of hydrogen-bond donors (Lipinski definition) is 1. The Bertz CT molecular complexity index is 310. The van der Waals surface area contributed by atoms with E-state index >= 15 is 0 Å². The van der Waals surface area contributed by atoms with Gasteiger partial charge in [0.15, 0.2) is 0 Å². The van der Waals surface area contributed by atoms with E-state index in [9.17, 15) is 9.59 Å². The van der Waals surface area contributed by atoms with Crippen LogP contribution in [0.5, 0.6) is 0 Å². The fraction of sp³-hybridized carbons (Fsp3) is 0.769. The summed E-state index contributed by atoms with van der Waals surface area (Å²) in [6.45, 7) is 5.72. The first-order valence-electron chi connectivity index (χ1n) is 6.09. The highest BCUT2D eigenvalue weighted by molar-refractivity contribution is 6.16. The first-order valence-corrected chi connectivity index (χ1v) is 6.09. The summed E-state index contributed by atoms with van der Waals surface area (Å²) in [5.74, 6) is -0.797. The van der Waals surface area contributed by atoms with Gasteiger partial charge in [-0.2, -0.15) is 0 Å². The molecule has 0 bridgehead atoms. The predicted octanol–water partition coefficient (Wildman–Crippen LogP) is 1.40.